The average molecular weight is 226 g/mol. The predicted octanol–water partition coefficient (Wildman–Crippen LogP) is 3.15. The van der Waals surface area contributed by atoms with Crippen molar-refractivity contribution in [3.8, 4) is 5.75 Å². The summed E-state index contributed by atoms with van der Waals surface area (Å²) < 4.78 is 5.25. The van der Waals surface area contributed by atoms with Gasteiger partial charge >= 0.3 is 0 Å². The average Bonchev–Trinajstić information content (AvgIpc) is 2.38. The minimum Gasteiger partial charge on any atom is -0.496 e. The molecule has 0 saturated heterocycles. The second-order valence-electron chi connectivity index (χ2n) is 3.64. The van der Waals surface area contributed by atoms with E-state index in [-0.39, 0.29) is 0 Å². The highest BCUT2D eigenvalue weighted by Crippen LogP contribution is 2.17. The molecule has 0 aliphatic rings. The van der Waals surface area contributed by atoms with Crippen LogP contribution in [0.15, 0.2) is 47.6 Å². The van der Waals surface area contributed by atoms with Crippen molar-refractivity contribution in [1.29, 1.82) is 0 Å². The van der Waals surface area contributed by atoms with E-state index in [4.69, 9.17) is 4.74 Å². The topological polar surface area (TPSA) is 34.5 Å². The standard InChI is InChI=1S/C14H14N2O/c1-11-6-5-9-15-14(11)16-10-12-7-3-4-8-13(12)17-2/h3-10H,1-2H3/b16-10+. The number of hydrogen-bond acceptors (Lipinski definition) is 3. The summed E-state index contributed by atoms with van der Waals surface area (Å²) in [6.07, 6.45) is 3.51. The smallest absolute Gasteiger partial charge is 0.154 e. The second-order valence-corrected chi connectivity index (χ2v) is 3.64. The van der Waals surface area contributed by atoms with Gasteiger partial charge in [0.05, 0.1) is 7.11 Å². The fraction of sp³-hybridized carbons (Fsp3) is 0.143. The lowest BCUT2D eigenvalue weighted by Crippen LogP contribution is -1.90. The highest BCUT2D eigenvalue weighted by molar-refractivity contribution is 5.85. The van der Waals surface area contributed by atoms with Gasteiger partial charge in [-0.3, -0.25) is 0 Å². The molecule has 0 amide bonds. The van der Waals surface area contributed by atoms with Crippen LogP contribution in [0.5, 0.6) is 5.75 Å². The summed E-state index contributed by atoms with van der Waals surface area (Å²) in [5.74, 6) is 1.54. The van der Waals surface area contributed by atoms with Crippen molar-refractivity contribution < 1.29 is 4.74 Å². The van der Waals surface area contributed by atoms with Crippen molar-refractivity contribution in [2.24, 2.45) is 4.99 Å². The van der Waals surface area contributed by atoms with Gasteiger partial charge in [0, 0.05) is 18.0 Å². The molecule has 3 heteroatoms. The number of aliphatic imine (C=N–C) groups is 1. The van der Waals surface area contributed by atoms with Gasteiger partial charge in [0.15, 0.2) is 5.82 Å². The van der Waals surface area contributed by atoms with Gasteiger partial charge in [0.1, 0.15) is 5.75 Å². The molecular formula is C14H14N2O. The Labute approximate surface area is 101 Å². The van der Waals surface area contributed by atoms with Crippen LogP contribution in [0.4, 0.5) is 5.82 Å². The Bertz CT molecular complexity index is 535. The van der Waals surface area contributed by atoms with Gasteiger partial charge in [-0.15, -0.1) is 0 Å². The molecule has 1 aromatic carbocycles. The third-order valence-electron chi connectivity index (χ3n) is 2.45. The largest absolute Gasteiger partial charge is 0.496 e. The van der Waals surface area contributed by atoms with E-state index < -0.39 is 0 Å². The van der Waals surface area contributed by atoms with E-state index in [0.717, 1.165) is 22.7 Å². The van der Waals surface area contributed by atoms with Crippen molar-refractivity contribution in [1.82, 2.24) is 4.98 Å². The number of pyridine rings is 1. The molecule has 0 spiro atoms. The summed E-state index contributed by atoms with van der Waals surface area (Å²) in [5, 5.41) is 0. The summed E-state index contributed by atoms with van der Waals surface area (Å²) >= 11 is 0. The number of ether oxygens (including phenoxy) is 1. The van der Waals surface area contributed by atoms with Gasteiger partial charge in [-0.25, -0.2) is 9.98 Å². The van der Waals surface area contributed by atoms with Crippen LogP contribution in [0.3, 0.4) is 0 Å². The lowest BCUT2D eigenvalue weighted by molar-refractivity contribution is 0.414. The van der Waals surface area contributed by atoms with Crippen LogP contribution < -0.4 is 4.74 Å². The molecule has 0 N–H and O–H groups in total. The molecule has 17 heavy (non-hydrogen) atoms. The first kappa shape index (κ1) is 11.3. The zero-order valence-corrected chi connectivity index (χ0v) is 9.92. The molecule has 0 aliphatic carbocycles. The minimum atomic E-state index is 0.735. The van der Waals surface area contributed by atoms with Crippen LogP contribution in [-0.4, -0.2) is 18.3 Å². The van der Waals surface area contributed by atoms with Crippen LogP contribution in [0.25, 0.3) is 0 Å². The molecule has 3 nitrogen and oxygen atoms in total. The number of benzene rings is 1. The maximum Gasteiger partial charge on any atom is 0.154 e. The van der Waals surface area contributed by atoms with Crippen molar-refractivity contribution in [2.45, 2.75) is 6.92 Å². The maximum atomic E-state index is 5.25. The molecule has 1 heterocycles. The van der Waals surface area contributed by atoms with Gasteiger partial charge in [0.25, 0.3) is 0 Å². The Morgan fingerprint density at radius 2 is 2.00 bits per heavy atom. The summed E-state index contributed by atoms with van der Waals surface area (Å²) in [5.41, 5.74) is 2.00. The van der Waals surface area contributed by atoms with Gasteiger partial charge in [-0.1, -0.05) is 18.2 Å². The number of aryl methyl sites for hydroxylation is 1. The van der Waals surface area contributed by atoms with Crippen molar-refractivity contribution in [2.75, 3.05) is 7.11 Å². The number of nitrogens with zero attached hydrogens (tertiary/aromatic N) is 2. The molecular weight excluding hydrogens is 212 g/mol. The highest BCUT2D eigenvalue weighted by Gasteiger charge is 1.99. The van der Waals surface area contributed by atoms with Crippen LogP contribution in [0, 0.1) is 6.92 Å². The highest BCUT2D eigenvalue weighted by atomic mass is 16.5. The first-order valence-corrected chi connectivity index (χ1v) is 5.40. The van der Waals surface area contributed by atoms with Crippen molar-refractivity contribution >= 4 is 12.0 Å². The fourth-order valence-corrected chi connectivity index (χ4v) is 1.52. The molecule has 0 aliphatic heterocycles. The molecule has 0 saturated carbocycles. The van der Waals surface area contributed by atoms with Crippen LogP contribution in [0.1, 0.15) is 11.1 Å². The second kappa shape index (κ2) is 5.25. The summed E-state index contributed by atoms with van der Waals surface area (Å²) in [7, 11) is 1.65. The molecule has 0 unspecified atom stereocenters. The van der Waals surface area contributed by atoms with E-state index in [9.17, 15) is 0 Å². The molecule has 0 radical (unpaired) electrons. The molecule has 1 aromatic heterocycles. The van der Waals surface area contributed by atoms with Gasteiger partial charge in [-0.2, -0.15) is 0 Å². The lowest BCUT2D eigenvalue weighted by atomic mass is 10.2. The Morgan fingerprint density at radius 3 is 2.76 bits per heavy atom. The Morgan fingerprint density at radius 1 is 1.18 bits per heavy atom. The van der Waals surface area contributed by atoms with E-state index in [1.807, 2.05) is 43.3 Å². The summed E-state index contributed by atoms with van der Waals surface area (Å²) in [4.78, 5) is 8.58. The minimum absolute atomic E-state index is 0.735. The number of rotatable bonds is 3. The fourth-order valence-electron chi connectivity index (χ4n) is 1.52. The van der Waals surface area contributed by atoms with Gasteiger partial charge in [0.2, 0.25) is 0 Å². The molecule has 2 rings (SSSR count). The molecule has 0 fully saturated rings. The van der Waals surface area contributed by atoms with Crippen LogP contribution in [-0.2, 0) is 0 Å². The van der Waals surface area contributed by atoms with Gasteiger partial charge < -0.3 is 4.74 Å². The molecule has 0 bridgehead atoms. The predicted molar refractivity (Wildman–Crippen MR) is 69.2 cm³/mol. The lowest BCUT2D eigenvalue weighted by Gasteiger charge is -2.03. The SMILES string of the molecule is COc1ccccc1/C=N/c1ncccc1C. The van der Waals surface area contributed by atoms with E-state index in [1.165, 1.54) is 0 Å². The number of para-hydroxylation sites is 1. The molecule has 86 valence electrons. The maximum absolute atomic E-state index is 5.25. The normalized spacial score (nSPS) is 10.7. The first-order chi connectivity index (χ1) is 8.31. The van der Waals surface area contributed by atoms with Crippen LogP contribution >= 0.6 is 0 Å². The molecule has 0 atom stereocenters. The molecule has 2 aromatic rings. The van der Waals surface area contributed by atoms with Crippen molar-refractivity contribution in [3.05, 3.63) is 53.7 Å². The van der Waals surface area contributed by atoms with E-state index in [0.29, 0.717) is 0 Å². The van der Waals surface area contributed by atoms with E-state index in [2.05, 4.69) is 9.98 Å². The zero-order chi connectivity index (χ0) is 12.1. The van der Waals surface area contributed by atoms with Crippen LogP contribution in [0.2, 0.25) is 0 Å². The van der Waals surface area contributed by atoms with E-state index in [1.54, 1.807) is 19.5 Å². The zero-order valence-electron chi connectivity index (χ0n) is 9.92. The number of methoxy groups -OCH3 is 1. The third-order valence-corrected chi connectivity index (χ3v) is 2.45. The Balaban J connectivity index is 2.29. The van der Waals surface area contributed by atoms with Gasteiger partial charge in [-0.05, 0) is 30.7 Å². The van der Waals surface area contributed by atoms with Crippen molar-refractivity contribution in [3.63, 3.8) is 0 Å². The monoisotopic (exact) mass is 226 g/mol. The Hall–Kier alpha value is -2.16. The number of aromatic nitrogens is 1. The summed E-state index contributed by atoms with van der Waals surface area (Å²) in [6, 6.07) is 11.6. The summed E-state index contributed by atoms with van der Waals surface area (Å²) in [6.45, 7) is 1.99. The first-order valence-electron chi connectivity index (χ1n) is 5.40. The quantitative estimate of drug-likeness (QED) is 0.753. The van der Waals surface area contributed by atoms with E-state index >= 15 is 0 Å². The third kappa shape index (κ3) is 2.69. The number of hydrogen-bond donors (Lipinski definition) is 0. The Kier molecular flexibility index (Phi) is 3.50.